The summed E-state index contributed by atoms with van der Waals surface area (Å²) in [6.45, 7) is 0. The number of aromatic amines is 1. The summed E-state index contributed by atoms with van der Waals surface area (Å²) >= 11 is 0. The maximum atomic E-state index is 13.2. The molecule has 0 amide bonds. The minimum Gasteiger partial charge on any atom is -0.478 e. The van der Waals surface area contributed by atoms with Crippen molar-refractivity contribution < 1.29 is 28.9 Å². The Morgan fingerprint density at radius 1 is 0.964 bits per heavy atom. The Morgan fingerprint density at radius 3 is 2.18 bits per heavy atom. The molecule has 0 aliphatic carbocycles. The smallest absolute Gasteiger partial charge is 0.342 e. The molecular weight excluding hydrogens is 371 g/mol. The lowest BCUT2D eigenvalue weighted by Gasteiger charge is -2.13. The monoisotopic (exact) mass is 384 g/mol. The first-order chi connectivity index (χ1) is 13.3. The number of nitrogens with one attached hydrogen (secondary N) is 1. The van der Waals surface area contributed by atoms with Gasteiger partial charge in [-0.3, -0.25) is 4.79 Å². The van der Waals surface area contributed by atoms with Crippen LogP contribution >= 0.6 is 0 Å². The Balaban J connectivity index is 2.10. The number of aromatic carboxylic acids is 2. The van der Waals surface area contributed by atoms with Crippen molar-refractivity contribution in [3.8, 4) is 22.6 Å². The molecule has 0 aliphatic heterocycles. The van der Waals surface area contributed by atoms with E-state index in [-0.39, 0.29) is 16.9 Å². The van der Waals surface area contributed by atoms with Gasteiger partial charge in [-0.1, -0.05) is 18.2 Å². The molecule has 0 unspecified atom stereocenters. The summed E-state index contributed by atoms with van der Waals surface area (Å²) in [6, 6.07) is 11.0. The number of anilines is 1. The highest BCUT2D eigenvalue weighted by molar-refractivity contribution is 6.07. The van der Waals surface area contributed by atoms with Crippen LogP contribution in [0.2, 0.25) is 0 Å². The highest BCUT2D eigenvalue weighted by atomic mass is 19.1. The van der Waals surface area contributed by atoms with Crippen LogP contribution in [-0.2, 0) is 0 Å². The van der Waals surface area contributed by atoms with Gasteiger partial charge in [0.1, 0.15) is 34.3 Å². The fourth-order valence-electron chi connectivity index (χ4n) is 2.69. The van der Waals surface area contributed by atoms with Gasteiger partial charge in [-0.2, -0.15) is 0 Å². The quantitative estimate of drug-likeness (QED) is 0.529. The Morgan fingerprint density at radius 2 is 1.61 bits per heavy atom. The average Bonchev–Trinajstić information content (AvgIpc) is 2.61. The van der Waals surface area contributed by atoms with Crippen LogP contribution < -0.4 is 16.0 Å². The van der Waals surface area contributed by atoms with Gasteiger partial charge in [0.25, 0.3) is 5.56 Å². The number of aromatic nitrogens is 1. The molecule has 0 spiro atoms. The molecule has 8 nitrogen and oxygen atoms in total. The van der Waals surface area contributed by atoms with E-state index in [4.69, 9.17) is 10.5 Å². The van der Waals surface area contributed by atoms with Gasteiger partial charge in [-0.25, -0.2) is 14.0 Å². The van der Waals surface area contributed by atoms with Gasteiger partial charge in [-0.15, -0.1) is 0 Å². The van der Waals surface area contributed by atoms with E-state index in [0.717, 1.165) is 0 Å². The molecule has 0 atom stereocenters. The van der Waals surface area contributed by atoms with Crippen molar-refractivity contribution in [1.82, 2.24) is 4.98 Å². The molecule has 0 saturated carbocycles. The van der Waals surface area contributed by atoms with Crippen LogP contribution in [0.5, 0.6) is 11.5 Å². The van der Waals surface area contributed by atoms with Gasteiger partial charge in [0, 0.05) is 11.6 Å². The molecule has 1 aromatic heterocycles. The number of nitrogen functional groups attached to an aromatic ring is 1. The van der Waals surface area contributed by atoms with Crippen molar-refractivity contribution in [2.75, 3.05) is 5.73 Å². The van der Waals surface area contributed by atoms with Crippen LogP contribution in [0.15, 0.2) is 53.3 Å². The third kappa shape index (κ3) is 3.54. The summed E-state index contributed by atoms with van der Waals surface area (Å²) in [6.07, 6.45) is 0. The number of carboxylic acid groups (broad SMARTS) is 2. The average molecular weight is 384 g/mol. The number of rotatable bonds is 5. The predicted octanol–water partition coefficient (Wildman–Crippen LogP) is 2.95. The summed E-state index contributed by atoms with van der Waals surface area (Å²) < 4.78 is 18.7. The zero-order chi connectivity index (χ0) is 20.4. The lowest BCUT2D eigenvalue weighted by atomic mass is 9.95. The Bertz CT molecular complexity index is 1140. The van der Waals surface area contributed by atoms with Crippen LogP contribution in [-0.4, -0.2) is 27.1 Å². The van der Waals surface area contributed by atoms with Gasteiger partial charge >= 0.3 is 11.9 Å². The number of nitrogens with two attached hydrogens (primary N) is 1. The van der Waals surface area contributed by atoms with Crippen LogP contribution in [0.3, 0.4) is 0 Å². The first-order valence-electron chi connectivity index (χ1n) is 7.84. The number of ether oxygens (including phenoxy) is 1. The lowest BCUT2D eigenvalue weighted by Crippen LogP contribution is -2.24. The number of pyridine rings is 1. The molecule has 0 bridgehead atoms. The van der Waals surface area contributed by atoms with E-state index in [1.165, 1.54) is 42.5 Å². The zero-order valence-corrected chi connectivity index (χ0v) is 14.1. The zero-order valence-electron chi connectivity index (χ0n) is 14.1. The molecule has 3 rings (SSSR count). The van der Waals surface area contributed by atoms with Crippen molar-refractivity contribution in [2.45, 2.75) is 0 Å². The van der Waals surface area contributed by atoms with E-state index in [9.17, 15) is 29.0 Å². The largest absolute Gasteiger partial charge is 0.478 e. The highest BCUT2D eigenvalue weighted by Crippen LogP contribution is 2.31. The van der Waals surface area contributed by atoms with Crippen LogP contribution in [0.1, 0.15) is 20.7 Å². The maximum Gasteiger partial charge on any atom is 0.342 e. The molecule has 142 valence electrons. The first kappa shape index (κ1) is 18.6. The van der Waals surface area contributed by atoms with E-state index in [1.54, 1.807) is 6.07 Å². The minimum absolute atomic E-state index is 0.138. The summed E-state index contributed by atoms with van der Waals surface area (Å²) in [5.74, 6) is -3.50. The molecule has 1 heterocycles. The number of carboxylic acids is 2. The van der Waals surface area contributed by atoms with Crippen molar-refractivity contribution in [3.63, 3.8) is 0 Å². The lowest BCUT2D eigenvalue weighted by molar-refractivity contribution is 0.0695. The molecule has 0 fully saturated rings. The van der Waals surface area contributed by atoms with Crippen molar-refractivity contribution in [3.05, 3.63) is 75.8 Å². The Labute approximate surface area is 156 Å². The third-order valence-corrected chi connectivity index (χ3v) is 3.85. The van der Waals surface area contributed by atoms with E-state index in [2.05, 4.69) is 0 Å². The van der Waals surface area contributed by atoms with Crippen molar-refractivity contribution in [2.24, 2.45) is 0 Å². The van der Waals surface area contributed by atoms with E-state index in [0.29, 0.717) is 5.75 Å². The second-order valence-electron chi connectivity index (χ2n) is 5.69. The van der Waals surface area contributed by atoms with E-state index >= 15 is 0 Å². The molecule has 5 N–H and O–H groups in total. The fraction of sp³-hybridized carbons (Fsp3) is 0. The van der Waals surface area contributed by atoms with Crippen LogP contribution in [0.4, 0.5) is 10.2 Å². The van der Waals surface area contributed by atoms with E-state index < -0.39 is 40.3 Å². The Hall–Kier alpha value is -4.14. The molecule has 2 aromatic carbocycles. The van der Waals surface area contributed by atoms with Crippen LogP contribution in [0.25, 0.3) is 11.1 Å². The summed E-state index contributed by atoms with van der Waals surface area (Å²) in [5, 5.41) is 18.8. The topological polar surface area (TPSA) is 143 Å². The number of benzene rings is 2. The summed E-state index contributed by atoms with van der Waals surface area (Å²) in [4.78, 5) is 37.2. The maximum absolute atomic E-state index is 13.2. The summed E-state index contributed by atoms with van der Waals surface area (Å²) in [7, 11) is 0. The van der Waals surface area contributed by atoms with E-state index in [1.807, 2.05) is 4.98 Å². The second kappa shape index (κ2) is 7.23. The van der Waals surface area contributed by atoms with Crippen LogP contribution in [0, 0.1) is 5.82 Å². The van der Waals surface area contributed by atoms with Gasteiger partial charge in [0.15, 0.2) is 0 Å². The molecule has 28 heavy (non-hydrogen) atoms. The normalized spacial score (nSPS) is 10.5. The van der Waals surface area contributed by atoms with Crippen molar-refractivity contribution in [1.29, 1.82) is 0 Å². The molecule has 0 radical (unpaired) electrons. The fourth-order valence-corrected chi connectivity index (χ4v) is 2.69. The number of H-pyrrole nitrogens is 1. The molecule has 3 aromatic rings. The Kier molecular flexibility index (Phi) is 4.82. The highest BCUT2D eigenvalue weighted by Gasteiger charge is 2.26. The van der Waals surface area contributed by atoms with Gasteiger partial charge in [0.2, 0.25) is 0 Å². The second-order valence-corrected chi connectivity index (χ2v) is 5.69. The predicted molar refractivity (Wildman–Crippen MR) is 97.3 cm³/mol. The number of hydrogen-bond donors (Lipinski definition) is 4. The number of carbonyl (C=O) groups is 2. The standard InChI is InChI=1S/C19H13FN2O6/c20-10-2-1-3-12(8-10)28-11-6-4-9(5-7-11)13-14(18(24)25)16(21)22-17(23)15(13)19(26)27/h1-8H,(H,24,25)(H,26,27)(H3,21,22,23). The molecule has 0 saturated heterocycles. The van der Waals surface area contributed by atoms with Gasteiger partial charge in [-0.05, 0) is 29.8 Å². The molecular formula is C19H13FN2O6. The first-order valence-corrected chi connectivity index (χ1v) is 7.84. The number of hydrogen-bond acceptors (Lipinski definition) is 5. The summed E-state index contributed by atoms with van der Waals surface area (Å²) in [5.41, 5.74) is 3.10. The molecule has 0 aliphatic rings. The van der Waals surface area contributed by atoms with Gasteiger partial charge in [0.05, 0.1) is 0 Å². The SMILES string of the molecule is Nc1[nH]c(=O)c(C(=O)O)c(-c2ccc(Oc3cccc(F)c3)cc2)c1C(=O)O. The van der Waals surface area contributed by atoms with Gasteiger partial charge < -0.3 is 25.7 Å². The van der Waals surface area contributed by atoms with Crippen molar-refractivity contribution >= 4 is 17.8 Å². The minimum atomic E-state index is -1.60. The third-order valence-electron chi connectivity index (χ3n) is 3.85. The molecule has 9 heteroatoms. The number of halogens is 1.